The highest BCUT2D eigenvalue weighted by Gasteiger charge is 2.39. The maximum Gasteiger partial charge on any atom is 0.254 e. The van der Waals surface area contributed by atoms with Gasteiger partial charge in [0.05, 0.1) is 12.0 Å². The fourth-order valence-corrected chi connectivity index (χ4v) is 3.74. The molecule has 32 heavy (non-hydrogen) atoms. The monoisotopic (exact) mass is 441 g/mol. The summed E-state index contributed by atoms with van der Waals surface area (Å²) in [6.45, 7) is 0.241. The van der Waals surface area contributed by atoms with E-state index in [9.17, 15) is 18.4 Å². The van der Waals surface area contributed by atoms with Crippen LogP contribution in [-0.2, 0) is 9.53 Å². The Labute approximate surface area is 182 Å². The standard InChI is InChI=1S/C22H21F2N5O3/c1-32-12-19(30)25-18-11-29(22(31)14-7-8-16(23)17(24)9-14)10-15(18)21-26-20(27-28-21)13-5-3-2-4-6-13/h2-9,15,18H,10-12H2,1H3,(H,25,30)(H,26,27,28)/t15-,18-/m1/s1. The van der Waals surface area contributed by atoms with Crippen LogP contribution in [0.5, 0.6) is 0 Å². The normalized spacial score (nSPS) is 18.0. The predicted molar refractivity (Wildman–Crippen MR) is 111 cm³/mol. The first kappa shape index (κ1) is 21.6. The van der Waals surface area contributed by atoms with E-state index in [1.807, 2.05) is 30.3 Å². The van der Waals surface area contributed by atoms with Crippen molar-refractivity contribution in [2.75, 3.05) is 26.8 Å². The van der Waals surface area contributed by atoms with E-state index in [4.69, 9.17) is 4.74 Å². The summed E-state index contributed by atoms with van der Waals surface area (Å²) in [7, 11) is 1.41. The van der Waals surface area contributed by atoms with Gasteiger partial charge in [0.15, 0.2) is 17.5 Å². The molecule has 4 rings (SSSR count). The molecule has 1 saturated heterocycles. The van der Waals surface area contributed by atoms with E-state index in [0.29, 0.717) is 11.6 Å². The lowest BCUT2D eigenvalue weighted by Crippen LogP contribution is -2.42. The summed E-state index contributed by atoms with van der Waals surface area (Å²) in [6, 6.07) is 11.9. The zero-order valence-electron chi connectivity index (χ0n) is 17.2. The molecule has 8 nitrogen and oxygen atoms in total. The maximum absolute atomic E-state index is 13.6. The minimum absolute atomic E-state index is 0.0223. The molecular weight excluding hydrogens is 420 g/mol. The molecule has 2 heterocycles. The van der Waals surface area contributed by atoms with Crippen molar-refractivity contribution in [3.8, 4) is 11.4 Å². The van der Waals surface area contributed by atoms with Gasteiger partial charge in [-0.1, -0.05) is 30.3 Å². The Morgan fingerprint density at radius 2 is 1.94 bits per heavy atom. The Bertz CT molecular complexity index is 1120. The quantitative estimate of drug-likeness (QED) is 0.611. The van der Waals surface area contributed by atoms with E-state index in [-0.39, 0.29) is 37.1 Å². The number of hydrogen-bond acceptors (Lipinski definition) is 5. The van der Waals surface area contributed by atoms with Crippen molar-refractivity contribution < 1.29 is 23.1 Å². The SMILES string of the molecule is COCC(=O)N[C@@H]1CN(C(=O)c2ccc(F)c(F)c2)C[C@H]1c1nc(-c2ccccc2)n[nH]1. The Morgan fingerprint density at radius 1 is 1.16 bits per heavy atom. The van der Waals surface area contributed by atoms with Crippen molar-refractivity contribution in [1.29, 1.82) is 0 Å². The molecule has 1 fully saturated rings. The first-order chi connectivity index (χ1) is 15.5. The average Bonchev–Trinajstić information content (AvgIpc) is 3.43. The van der Waals surface area contributed by atoms with E-state index in [0.717, 1.165) is 17.7 Å². The van der Waals surface area contributed by atoms with Gasteiger partial charge in [0, 0.05) is 31.3 Å². The first-order valence-corrected chi connectivity index (χ1v) is 9.96. The Hall–Kier alpha value is -3.66. The lowest BCUT2D eigenvalue weighted by atomic mass is 10.0. The number of halogens is 2. The van der Waals surface area contributed by atoms with Crippen LogP contribution in [0.4, 0.5) is 8.78 Å². The third-order valence-electron chi connectivity index (χ3n) is 5.28. The Balaban J connectivity index is 1.59. The Kier molecular flexibility index (Phi) is 6.22. The molecule has 10 heteroatoms. The second-order valence-corrected chi connectivity index (χ2v) is 7.46. The van der Waals surface area contributed by atoms with Gasteiger partial charge >= 0.3 is 0 Å². The zero-order valence-corrected chi connectivity index (χ0v) is 17.2. The molecule has 0 unspecified atom stereocenters. The largest absolute Gasteiger partial charge is 0.375 e. The minimum atomic E-state index is -1.10. The van der Waals surface area contributed by atoms with Crippen molar-refractivity contribution in [2.45, 2.75) is 12.0 Å². The number of likely N-dealkylation sites (tertiary alicyclic amines) is 1. The van der Waals surface area contributed by atoms with E-state index in [1.54, 1.807) is 0 Å². The number of aromatic nitrogens is 3. The van der Waals surface area contributed by atoms with Crippen LogP contribution in [0.15, 0.2) is 48.5 Å². The summed E-state index contributed by atoms with van der Waals surface area (Å²) in [5, 5.41) is 10.0. The van der Waals surface area contributed by atoms with E-state index in [2.05, 4.69) is 20.5 Å². The molecule has 0 bridgehead atoms. The average molecular weight is 441 g/mol. The van der Waals surface area contributed by atoms with Crippen molar-refractivity contribution in [1.82, 2.24) is 25.4 Å². The molecule has 0 saturated carbocycles. The fourth-order valence-electron chi connectivity index (χ4n) is 3.74. The smallest absolute Gasteiger partial charge is 0.254 e. The number of amides is 2. The highest BCUT2D eigenvalue weighted by molar-refractivity contribution is 5.94. The number of nitrogens with one attached hydrogen (secondary N) is 2. The van der Waals surface area contributed by atoms with Gasteiger partial charge < -0.3 is 15.0 Å². The molecule has 0 aliphatic carbocycles. The van der Waals surface area contributed by atoms with Crippen LogP contribution in [-0.4, -0.2) is 64.7 Å². The van der Waals surface area contributed by atoms with Gasteiger partial charge in [0.2, 0.25) is 5.91 Å². The number of carbonyl (C=O) groups excluding carboxylic acids is 2. The molecule has 0 radical (unpaired) electrons. The molecule has 2 amide bonds. The summed E-state index contributed by atoms with van der Waals surface area (Å²) < 4.78 is 31.8. The van der Waals surface area contributed by atoms with Gasteiger partial charge in [-0.05, 0) is 18.2 Å². The molecule has 3 aromatic rings. The maximum atomic E-state index is 13.6. The highest BCUT2D eigenvalue weighted by atomic mass is 19.2. The molecule has 1 aromatic heterocycles. The molecule has 2 N–H and O–H groups in total. The van der Waals surface area contributed by atoms with Crippen LogP contribution in [0.2, 0.25) is 0 Å². The fraction of sp³-hybridized carbons (Fsp3) is 0.273. The number of aromatic amines is 1. The molecule has 0 spiro atoms. The second-order valence-electron chi connectivity index (χ2n) is 7.46. The zero-order chi connectivity index (χ0) is 22.7. The molecule has 2 aromatic carbocycles. The van der Waals surface area contributed by atoms with E-state index >= 15 is 0 Å². The van der Waals surface area contributed by atoms with Crippen molar-refractivity contribution >= 4 is 11.8 Å². The number of hydrogen-bond donors (Lipinski definition) is 2. The lowest BCUT2D eigenvalue weighted by molar-refractivity contribution is -0.125. The molecule has 166 valence electrons. The number of ether oxygens (including phenoxy) is 1. The number of benzene rings is 2. The van der Waals surface area contributed by atoms with Gasteiger partial charge in [-0.2, -0.15) is 5.10 Å². The number of rotatable bonds is 6. The predicted octanol–water partition coefficient (Wildman–Crippen LogP) is 2.12. The summed E-state index contributed by atoms with van der Waals surface area (Å²) in [6.07, 6.45) is 0. The van der Waals surface area contributed by atoms with E-state index in [1.165, 1.54) is 18.1 Å². The Morgan fingerprint density at radius 3 is 2.66 bits per heavy atom. The van der Waals surface area contributed by atoms with E-state index < -0.39 is 23.6 Å². The molecular formula is C22H21F2N5O3. The van der Waals surface area contributed by atoms with Crippen LogP contribution in [0.25, 0.3) is 11.4 Å². The van der Waals surface area contributed by atoms with Gasteiger partial charge in [-0.15, -0.1) is 0 Å². The number of methoxy groups -OCH3 is 1. The van der Waals surface area contributed by atoms with Crippen molar-refractivity contribution in [3.63, 3.8) is 0 Å². The van der Waals surface area contributed by atoms with Crippen molar-refractivity contribution in [3.05, 3.63) is 71.6 Å². The van der Waals surface area contributed by atoms with Crippen LogP contribution in [0.3, 0.4) is 0 Å². The first-order valence-electron chi connectivity index (χ1n) is 9.96. The lowest BCUT2D eigenvalue weighted by Gasteiger charge is -2.17. The molecule has 2 atom stereocenters. The van der Waals surface area contributed by atoms with Crippen LogP contribution in [0, 0.1) is 11.6 Å². The number of carbonyl (C=O) groups is 2. The topological polar surface area (TPSA) is 100 Å². The summed E-state index contributed by atoms with van der Waals surface area (Å²) in [5.41, 5.74) is 0.844. The van der Waals surface area contributed by atoms with Gasteiger partial charge in [0.25, 0.3) is 5.91 Å². The minimum Gasteiger partial charge on any atom is -0.375 e. The number of nitrogens with zero attached hydrogens (tertiary/aromatic N) is 3. The highest BCUT2D eigenvalue weighted by Crippen LogP contribution is 2.28. The van der Waals surface area contributed by atoms with Gasteiger partial charge in [-0.3, -0.25) is 14.7 Å². The summed E-state index contributed by atoms with van der Waals surface area (Å²) >= 11 is 0. The summed E-state index contributed by atoms with van der Waals surface area (Å²) in [5.74, 6) is -2.32. The van der Waals surface area contributed by atoms with Crippen LogP contribution >= 0.6 is 0 Å². The van der Waals surface area contributed by atoms with Gasteiger partial charge in [-0.25, -0.2) is 13.8 Å². The third-order valence-corrected chi connectivity index (χ3v) is 5.28. The van der Waals surface area contributed by atoms with Crippen LogP contribution < -0.4 is 5.32 Å². The molecule has 1 aliphatic rings. The second kappa shape index (κ2) is 9.23. The number of H-pyrrole nitrogens is 1. The van der Waals surface area contributed by atoms with Crippen LogP contribution in [0.1, 0.15) is 22.1 Å². The summed E-state index contributed by atoms with van der Waals surface area (Å²) in [4.78, 5) is 31.1. The molecule has 1 aliphatic heterocycles. The van der Waals surface area contributed by atoms with Crippen molar-refractivity contribution in [2.24, 2.45) is 0 Å². The third kappa shape index (κ3) is 4.50. The van der Waals surface area contributed by atoms with Gasteiger partial charge in [0.1, 0.15) is 12.4 Å².